The van der Waals surface area contributed by atoms with Crippen LogP contribution in [0.3, 0.4) is 0 Å². The van der Waals surface area contributed by atoms with Crippen molar-refractivity contribution in [2.24, 2.45) is 0 Å². The van der Waals surface area contributed by atoms with Gasteiger partial charge in [0.1, 0.15) is 5.75 Å². The Hall–Kier alpha value is -3.02. The first kappa shape index (κ1) is 16.4. The Labute approximate surface area is 135 Å². The number of anilines is 1. The Bertz CT molecular complexity index is 696. The van der Waals surface area contributed by atoms with Gasteiger partial charge in [0.25, 0.3) is 11.8 Å². The molecule has 120 valence electrons. The Balaban J connectivity index is 1.98. The van der Waals surface area contributed by atoms with Gasteiger partial charge in [0, 0.05) is 30.9 Å². The number of nitrogens with one attached hydrogen (secondary N) is 2. The molecule has 0 heterocycles. The molecule has 2 N–H and O–H groups in total. The lowest BCUT2D eigenvalue weighted by molar-refractivity contribution is 0.0846. The summed E-state index contributed by atoms with van der Waals surface area (Å²) in [4.78, 5) is 26.0. The molecule has 23 heavy (non-hydrogen) atoms. The molecule has 6 heteroatoms. The molecular formula is C17H19N3O3. The van der Waals surface area contributed by atoms with Gasteiger partial charge in [-0.05, 0) is 42.5 Å². The van der Waals surface area contributed by atoms with Gasteiger partial charge in [0.2, 0.25) is 0 Å². The average Bonchev–Trinajstić information content (AvgIpc) is 2.59. The van der Waals surface area contributed by atoms with E-state index >= 15 is 0 Å². The Kier molecular flexibility index (Phi) is 5.19. The van der Waals surface area contributed by atoms with Crippen molar-refractivity contribution in [2.75, 3.05) is 26.1 Å². The van der Waals surface area contributed by atoms with Crippen molar-refractivity contribution in [2.45, 2.75) is 0 Å². The van der Waals surface area contributed by atoms with Crippen LogP contribution in [0.4, 0.5) is 5.69 Å². The molecule has 0 atom stereocenters. The van der Waals surface area contributed by atoms with Crippen LogP contribution >= 0.6 is 0 Å². The number of hydrogen-bond acceptors (Lipinski definition) is 4. The van der Waals surface area contributed by atoms with Gasteiger partial charge >= 0.3 is 0 Å². The van der Waals surface area contributed by atoms with E-state index in [0.29, 0.717) is 16.9 Å². The fourth-order valence-corrected chi connectivity index (χ4v) is 1.93. The summed E-state index contributed by atoms with van der Waals surface area (Å²) in [5.41, 5.74) is 6.58. The quantitative estimate of drug-likeness (QED) is 0.845. The van der Waals surface area contributed by atoms with Crippen LogP contribution in [0.2, 0.25) is 0 Å². The lowest BCUT2D eigenvalue weighted by Crippen LogP contribution is -2.41. The summed E-state index contributed by atoms with van der Waals surface area (Å²) >= 11 is 0. The number of hydrogen-bond donors (Lipinski definition) is 2. The van der Waals surface area contributed by atoms with E-state index in [-0.39, 0.29) is 5.91 Å². The van der Waals surface area contributed by atoms with Crippen molar-refractivity contribution in [1.29, 1.82) is 0 Å². The zero-order valence-electron chi connectivity index (χ0n) is 13.3. The summed E-state index contributed by atoms with van der Waals surface area (Å²) in [6.07, 6.45) is 0. The normalized spacial score (nSPS) is 9.87. The molecule has 0 saturated heterocycles. The summed E-state index contributed by atoms with van der Waals surface area (Å²) in [5, 5.41) is 0. The zero-order valence-corrected chi connectivity index (χ0v) is 13.3. The molecule has 0 spiro atoms. The molecule has 2 amide bonds. The number of carbonyl (C=O) groups is 2. The summed E-state index contributed by atoms with van der Waals surface area (Å²) < 4.78 is 5.03. The summed E-state index contributed by atoms with van der Waals surface area (Å²) in [5.74, 6) is -0.119. The highest BCUT2D eigenvalue weighted by Crippen LogP contribution is 2.13. The standard InChI is InChI=1S/C17H19N3O3/c1-20(2)14-6-4-5-13(11-14)17(22)19-18-16(21)12-7-9-15(23-3)10-8-12/h4-11H,1-3H3,(H,18,21)(H,19,22). The highest BCUT2D eigenvalue weighted by Gasteiger charge is 2.10. The predicted octanol–water partition coefficient (Wildman–Crippen LogP) is 1.84. The Morgan fingerprint density at radius 1 is 0.913 bits per heavy atom. The van der Waals surface area contributed by atoms with Crippen LogP contribution in [-0.2, 0) is 0 Å². The minimum atomic E-state index is -0.398. The van der Waals surface area contributed by atoms with Crippen molar-refractivity contribution in [1.82, 2.24) is 10.9 Å². The van der Waals surface area contributed by atoms with Gasteiger partial charge in [0.05, 0.1) is 7.11 Å². The molecule has 0 aliphatic rings. The highest BCUT2D eigenvalue weighted by atomic mass is 16.5. The topological polar surface area (TPSA) is 70.7 Å². The van der Waals surface area contributed by atoms with Gasteiger partial charge < -0.3 is 9.64 Å². The van der Waals surface area contributed by atoms with E-state index in [1.165, 1.54) is 0 Å². The lowest BCUT2D eigenvalue weighted by Gasteiger charge is -2.13. The van der Waals surface area contributed by atoms with Crippen LogP contribution in [0.25, 0.3) is 0 Å². The summed E-state index contributed by atoms with van der Waals surface area (Å²) in [7, 11) is 5.34. The molecule has 2 rings (SSSR count). The molecule has 0 aliphatic heterocycles. The second-order valence-corrected chi connectivity index (χ2v) is 5.08. The maximum absolute atomic E-state index is 12.1. The van der Waals surface area contributed by atoms with Crippen molar-refractivity contribution < 1.29 is 14.3 Å². The smallest absolute Gasteiger partial charge is 0.269 e. The van der Waals surface area contributed by atoms with E-state index in [0.717, 1.165) is 5.69 Å². The van der Waals surface area contributed by atoms with Gasteiger partial charge in [-0.2, -0.15) is 0 Å². The third-order valence-corrected chi connectivity index (χ3v) is 3.27. The van der Waals surface area contributed by atoms with E-state index in [4.69, 9.17) is 4.74 Å². The number of methoxy groups -OCH3 is 1. The summed E-state index contributed by atoms with van der Waals surface area (Å²) in [6, 6.07) is 13.7. The largest absolute Gasteiger partial charge is 0.497 e. The number of nitrogens with zero attached hydrogens (tertiary/aromatic N) is 1. The molecule has 0 radical (unpaired) electrons. The first-order valence-electron chi connectivity index (χ1n) is 7.03. The van der Waals surface area contributed by atoms with Crippen LogP contribution in [0.15, 0.2) is 48.5 Å². The fraction of sp³-hybridized carbons (Fsp3) is 0.176. The molecule has 0 bridgehead atoms. The number of carbonyl (C=O) groups excluding carboxylic acids is 2. The van der Waals surface area contributed by atoms with Crippen LogP contribution in [0.5, 0.6) is 5.75 Å². The second-order valence-electron chi connectivity index (χ2n) is 5.08. The molecule has 0 fully saturated rings. The van der Waals surface area contributed by atoms with E-state index in [2.05, 4.69) is 10.9 Å². The minimum absolute atomic E-state index is 0.379. The van der Waals surface area contributed by atoms with Crippen LogP contribution in [0, 0.1) is 0 Å². The molecule has 0 unspecified atom stereocenters. The lowest BCUT2D eigenvalue weighted by atomic mass is 10.2. The van der Waals surface area contributed by atoms with E-state index in [1.807, 2.05) is 25.1 Å². The molecular weight excluding hydrogens is 294 g/mol. The Morgan fingerprint density at radius 2 is 1.52 bits per heavy atom. The van der Waals surface area contributed by atoms with Crippen LogP contribution in [0.1, 0.15) is 20.7 Å². The summed E-state index contributed by atoms with van der Waals surface area (Å²) in [6.45, 7) is 0. The van der Waals surface area contributed by atoms with Crippen molar-refractivity contribution >= 4 is 17.5 Å². The van der Waals surface area contributed by atoms with Crippen molar-refractivity contribution in [3.05, 3.63) is 59.7 Å². The van der Waals surface area contributed by atoms with Gasteiger partial charge in [-0.25, -0.2) is 0 Å². The molecule has 2 aromatic carbocycles. The van der Waals surface area contributed by atoms with Crippen molar-refractivity contribution in [3.8, 4) is 5.75 Å². The van der Waals surface area contributed by atoms with Gasteiger partial charge in [-0.3, -0.25) is 20.4 Å². The molecule has 0 aromatic heterocycles. The van der Waals surface area contributed by atoms with Gasteiger partial charge in [-0.15, -0.1) is 0 Å². The van der Waals surface area contributed by atoms with Gasteiger partial charge in [0.15, 0.2) is 0 Å². The number of benzene rings is 2. The fourth-order valence-electron chi connectivity index (χ4n) is 1.93. The van der Waals surface area contributed by atoms with Gasteiger partial charge in [-0.1, -0.05) is 6.07 Å². The maximum Gasteiger partial charge on any atom is 0.269 e. The molecule has 0 aliphatic carbocycles. The average molecular weight is 313 g/mol. The minimum Gasteiger partial charge on any atom is -0.497 e. The maximum atomic E-state index is 12.1. The monoisotopic (exact) mass is 313 g/mol. The second kappa shape index (κ2) is 7.31. The molecule has 0 saturated carbocycles. The Morgan fingerprint density at radius 3 is 2.09 bits per heavy atom. The van der Waals surface area contributed by atoms with Crippen LogP contribution < -0.4 is 20.5 Å². The first-order chi connectivity index (χ1) is 11.0. The molecule has 6 nitrogen and oxygen atoms in total. The number of hydrazine groups is 1. The van der Waals surface area contributed by atoms with Crippen LogP contribution in [-0.4, -0.2) is 33.0 Å². The van der Waals surface area contributed by atoms with E-state index in [1.54, 1.807) is 49.6 Å². The molecule has 2 aromatic rings. The SMILES string of the molecule is COc1ccc(C(=O)NNC(=O)c2cccc(N(C)C)c2)cc1. The number of rotatable bonds is 4. The third kappa shape index (κ3) is 4.23. The van der Waals surface area contributed by atoms with Crippen molar-refractivity contribution in [3.63, 3.8) is 0 Å². The van der Waals surface area contributed by atoms with E-state index in [9.17, 15) is 9.59 Å². The third-order valence-electron chi connectivity index (χ3n) is 3.27. The first-order valence-corrected chi connectivity index (χ1v) is 7.03. The predicted molar refractivity (Wildman–Crippen MR) is 88.7 cm³/mol. The zero-order chi connectivity index (χ0) is 16.8. The van der Waals surface area contributed by atoms with E-state index < -0.39 is 5.91 Å². The number of ether oxygens (including phenoxy) is 1. The highest BCUT2D eigenvalue weighted by molar-refractivity contribution is 5.99. The number of amides is 2.